The predicted octanol–water partition coefficient (Wildman–Crippen LogP) is 3.96. The number of hydrogen-bond donors (Lipinski definition) is 1. The lowest BCUT2D eigenvalue weighted by atomic mass is 10.2. The standard InChI is InChI=1S/C16H15ClN2O4/c1-10-3-4-12(9-15(10)17)18-16(20)11(2)23-14-7-5-13(6-8-14)19(21)22/h3-9,11H,1-2H3,(H,18,20). The molecule has 120 valence electrons. The zero-order valence-electron chi connectivity index (χ0n) is 12.6. The van der Waals surface area contributed by atoms with Crippen LogP contribution in [0.5, 0.6) is 5.75 Å². The molecule has 6 nitrogen and oxygen atoms in total. The van der Waals surface area contributed by atoms with Gasteiger partial charge >= 0.3 is 0 Å². The molecule has 2 rings (SSSR count). The van der Waals surface area contributed by atoms with Crippen molar-refractivity contribution in [1.82, 2.24) is 0 Å². The second kappa shape index (κ2) is 7.11. The number of hydrogen-bond acceptors (Lipinski definition) is 4. The first-order valence-corrected chi connectivity index (χ1v) is 7.23. The van der Waals surface area contributed by atoms with Crippen molar-refractivity contribution in [3.05, 3.63) is 63.2 Å². The van der Waals surface area contributed by atoms with E-state index in [0.717, 1.165) is 5.56 Å². The minimum Gasteiger partial charge on any atom is -0.481 e. The summed E-state index contributed by atoms with van der Waals surface area (Å²) in [6.45, 7) is 3.46. The van der Waals surface area contributed by atoms with Gasteiger partial charge in [-0.3, -0.25) is 14.9 Å². The van der Waals surface area contributed by atoms with Crippen LogP contribution in [-0.2, 0) is 4.79 Å². The maximum Gasteiger partial charge on any atom is 0.269 e. The fourth-order valence-electron chi connectivity index (χ4n) is 1.82. The van der Waals surface area contributed by atoms with Crippen molar-refractivity contribution < 1.29 is 14.5 Å². The fraction of sp³-hybridized carbons (Fsp3) is 0.188. The first-order valence-electron chi connectivity index (χ1n) is 6.85. The predicted molar refractivity (Wildman–Crippen MR) is 88.0 cm³/mol. The van der Waals surface area contributed by atoms with Gasteiger partial charge in [0.2, 0.25) is 0 Å². The van der Waals surface area contributed by atoms with Gasteiger partial charge in [-0.1, -0.05) is 17.7 Å². The van der Waals surface area contributed by atoms with Crippen LogP contribution in [0.3, 0.4) is 0 Å². The minimum atomic E-state index is -0.767. The van der Waals surface area contributed by atoms with Crippen LogP contribution >= 0.6 is 11.6 Å². The molecule has 0 spiro atoms. The number of non-ortho nitro benzene ring substituents is 1. The molecule has 0 aromatic heterocycles. The van der Waals surface area contributed by atoms with Gasteiger partial charge in [-0.2, -0.15) is 0 Å². The van der Waals surface area contributed by atoms with E-state index in [1.165, 1.54) is 24.3 Å². The number of carbonyl (C=O) groups excluding carboxylic acids is 1. The third-order valence-electron chi connectivity index (χ3n) is 3.17. The largest absolute Gasteiger partial charge is 0.481 e. The van der Waals surface area contributed by atoms with E-state index >= 15 is 0 Å². The van der Waals surface area contributed by atoms with E-state index in [2.05, 4.69) is 5.32 Å². The Morgan fingerprint density at radius 2 is 1.91 bits per heavy atom. The van der Waals surface area contributed by atoms with Crippen LogP contribution in [0.2, 0.25) is 5.02 Å². The van der Waals surface area contributed by atoms with Crippen LogP contribution < -0.4 is 10.1 Å². The van der Waals surface area contributed by atoms with E-state index in [1.807, 2.05) is 6.92 Å². The summed E-state index contributed by atoms with van der Waals surface area (Å²) in [5, 5.41) is 13.9. The number of carbonyl (C=O) groups is 1. The van der Waals surface area contributed by atoms with Gasteiger partial charge in [-0.15, -0.1) is 0 Å². The number of nitrogens with zero attached hydrogens (tertiary/aromatic N) is 1. The van der Waals surface area contributed by atoms with Crippen LogP contribution in [0.1, 0.15) is 12.5 Å². The van der Waals surface area contributed by atoms with Crippen LogP contribution in [-0.4, -0.2) is 16.9 Å². The molecule has 0 aliphatic rings. The van der Waals surface area contributed by atoms with E-state index in [1.54, 1.807) is 25.1 Å². The SMILES string of the molecule is Cc1ccc(NC(=O)C(C)Oc2ccc([N+](=O)[O-])cc2)cc1Cl. The van der Waals surface area contributed by atoms with Crippen molar-refractivity contribution in [3.63, 3.8) is 0 Å². The number of nitrogens with one attached hydrogen (secondary N) is 1. The normalized spacial score (nSPS) is 11.6. The zero-order valence-corrected chi connectivity index (χ0v) is 13.3. The molecule has 7 heteroatoms. The molecule has 2 aromatic carbocycles. The number of halogens is 1. The number of nitro benzene ring substituents is 1. The monoisotopic (exact) mass is 334 g/mol. The van der Waals surface area contributed by atoms with E-state index in [9.17, 15) is 14.9 Å². The molecule has 0 bridgehead atoms. The molecule has 0 aliphatic carbocycles. The van der Waals surface area contributed by atoms with Crippen LogP contribution in [0.4, 0.5) is 11.4 Å². The highest BCUT2D eigenvalue weighted by atomic mass is 35.5. The van der Waals surface area contributed by atoms with Crippen molar-refractivity contribution in [2.45, 2.75) is 20.0 Å². The molecule has 23 heavy (non-hydrogen) atoms. The molecule has 0 saturated carbocycles. The maximum atomic E-state index is 12.1. The lowest BCUT2D eigenvalue weighted by Crippen LogP contribution is -2.30. The number of amides is 1. The average Bonchev–Trinajstić information content (AvgIpc) is 2.51. The molecular weight excluding hydrogens is 320 g/mol. The number of rotatable bonds is 5. The summed E-state index contributed by atoms with van der Waals surface area (Å²) in [5.41, 5.74) is 1.45. The van der Waals surface area contributed by atoms with Gasteiger partial charge < -0.3 is 10.1 Å². The topological polar surface area (TPSA) is 81.5 Å². The van der Waals surface area contributed by atoms with E-state index < -0.39 is 11.0 Å². The lowest BCUT2D eigenvalue weighted by molar-refractivity contribution is -0.384. The summed E-state index contributed by atoms with van der Waals surface area (Å²) in [7, 11) is 0. The Hall–Kier alpha value is -2.60. The van der Waals surface area contributed by atoms with Crippen molar-refractivity contribution in [2.24, 2.45) is 0 Å². The molecule has 1 N–H and O–H groups in total. The number of anilines is 1. The average molecular weight is 335 g/mol. The Balaban J connectivity index is 1.99. The van der Waals surface area contributed by atoms with E-state index in [4.69, 9.17) is 16.3 Å². The van der Waals surface area contributed by atoms with E-state index in [-0.39, 0.29) is 11.6 Å². The third kappa shape index (κ3) is 4.43. The van der Waals surface area contributed by atoms with Gasteiger partial charge in [-0.25, -0.2) is 0 Å². The number of benzene rings is 2. The smallest absolute Gasteiger partial charge is 0.269 e. The third-order valence-corrected chi connectivity index (χ3v) is 3.58. The van der Waals surface area contributed by atoms with Gasteiger partial charge in [-0.05, 0) is 43.7 Å². The summed E-state index contributed by atoms with van der Waals surface area (Å²) in [6.07, 6.45) is -0.767. The first-order chi connectivity index (χ1) is 10.9. The molecule has 0 fully saturated rings. The Bertz CT molecular complexity index is 731. The van der Waals surface area contributed by atoms with E-state index in [0.29, 0.717) is 16.5 Å². The maximum absolute atomic E-state index is 12.1. The quantitative estimate of drug-likeness (QED) is 0.662. The lowest BCUT2D eigenvalue weighted by Gasteiger charge is -2.15. The Morgan fingerprint density at radius 1 is 1.26 bits per heavy atom. The van der Waals surface area contributed by atoms with Gasteiger partial charge in [0.15, 0.2) is 6.10 Å². The molecule has 0 radical (unpaired) electrons. The Kier molecular flexibility index (Phi) is 5.18. The molecular formula is C16H15ClN2O4. The summed E-state index contributed by atoms with van der Waals surface area (Å²) in [6, 6.07) is 10.7. The highest BCUT2D eigenvalue weighted by Crippen LogP contribution is 2.21. The van der Waals surface area contributed by atoms with Gasteiger partial charge in [0.1, 0.15) is 5.75 Å². The second-order valence-electron chi connectivity index (χ2n) is 4.96. The number of nitro groups is 1. The van der Waals surface area contributed by atoms with Gasteiger partial charge in [0, 0.05) is 22.8 Å². The van der Waals surface area contributed by atoms with Gasteiger partial charge in [0.05, 0.1) is 4.92 Å². The first kappa shape index (κ1) is 16.8. The van der Waals surface area contributed by atoms with Crippen LogP contribution in [0.25, 0.3) is 0 Å². The molecule has 1 unspecified atom stereocenters. The molecule has 1 atom stereocenters. The summed E-state index contributed by atoms with van der Waals surface area (Å²) in [4.78, 5) is 22.2. The number of ether oxygens (including phenoxy) is 1. The zero-order chi connectivity index (χ0) is 17.0. The van der Waals surface area contributed by atoms with Crippen molar-refractivity contribution >= 4 is 28.9 Å². The molecule has 0 saturated heterocycles. The molecule has 0 aliphatic heterocycles. The summed E-state index contributed by atoms with van der Waals surface area (Å²) < 4.78 is 5.47. The fourth-order valence-corrected chi connectivity index (χ4v) is 2.00. The molecule has 1 amide bonds. The highest BCUT2D eigenvalue weighted by Gasteiger charge is 2.16. The van der Waals surface area contributed by atoms with Crippen LogP contribution in [0.15, 0.2) is 42.5 Å². The molecule has 0 heterocycles. The Labute approximate surface area is 138 Å². The Morgan fingerprint density at radius 3 is 2.48 bits per heavy atom. The van der Waals surface area contributed by atoms with Crippen molar-refractivity contribution in [3.8, 4) is 5.75 Å². The van der Waals surface area contributed by atoms with Crippen molar-refractivity contribution in [2.75, 3.05) is 5.32 Å². The summed E-state index contributed by atoms with van der Waals surface area (Å²) in [5.74, 6) is 0.0310. The van der Waals surface area contributed by atoms with Crippen molar-refractivity contribution in [1.29, 1.82) is 0 Å². The second-order valence-corrected chi connectivity index (χ2v) is 5.37. The van der Waals surface area contributed by atoms with Gasteiger partial charge in [0.25, 0.3) is 11.6 Å². The molecule has 2 aromatic rings. The number of aryl methyl sites for hydroxylation is 1. The highest BCUT2D eigenvalue weighted by molar-refractivity contribution is 6.31. The summed E-state index contributed by atoms with van der Waals surface area (Å²) >= 11 is 6.01. The minimum absolute atomic E-state index is 0.0382. The van der Waals surface area contributed by atoms with Crippen LogP contribution in [0, 0.1) is 17.0 Å².